The lowest BCUT2D eigenvalue weighted by atomic mass is 9.68. The molecular formula is C22H25NO4. The summed E-state index contributed by atoms with van der Waals surface area (Å²) in [5.41, 5.74) is -0.335. The fourth-order valence-corrected chi connectivity index (χ4v) is 4.26. The summed E-state index contributed by atoms with van der Waals surface area (Å²) in [7, 11) is 0. The number of β-amino-alcohol motifs (C(OH)–C–C–N with tert-alkyl or cyclic N) is 1. The molecular weight excluding hydrogens is 342 g/mol. The van der Waals surface area contributed by atoms with E-state index in [-0.39, 0.29) is 24.9 Å². The van der Waals surface area contributed by atoms with Gasteiger partial charge < -0.3 is 10.0 Å². The van der Waals surface area contributed by atoms with E-state index < -0.39 is 16.8 Å². The molecule has 5 heteroatoms. The molecule has 0 bridgehead atoms. The Bertz CT molecular complexity index is 798. The van der Waals surface area contributed by atoms with Gasteiger partial charge in [0, 0.05) is 12.5 Å². The van der Waals surface area contributed by atoms with Gasteiger partial charge in [-0.3, -0.25) is 4.79 Å². The van der Waals surface area contributed by atoms with E-state index >= 15 is 0 Å². The summed E-state index contributed by atoms with van der Waals surface area (Å²) in [6.07, 6.45) is 0.284. The number of nitrogens with zero attached hydrogens (tertiary/aromatic N) is 1. The number of fused-ring (bicyclic) bond motifs is 1. The molecule has 2 aliphatic heterocycles. The average Bonchev–Trinajstić information content (AvgIpc) is 2.90. The zero-order valence-corrected chi connectivity index (χ0v) is 15.9. The molecule has 2 heterocycles. The fraction of sp³-hybridized carbons (Fsp3) is 0.409. The molecule has 2 atom stereocenters. The van der Waals surface area contributed by atoms with Crippen molar-refractivity contribution in [2.45, 2.75) is 44.6 Å². The third-order valence-electron chi connectivity index (χ3n) is 6.01. The van der Waals surface area contributed by atoms with Crippen molar-refractivity contribution in [2.75, 3.05) is 6.54 Å². The summed E-state index contributed by atoms with van der Waals surface area (Å²) < 4.78 is 0. The first-order chi connectivity index (χ1) is 12.8. The van der Waals surface area contributed by atoms with Gasteiger partial charge in [0.15, 0.2) is 5.60 Å². The van der Waals surface area contributed by atoms with E-state index in [9.17, 15) is 9.90 Å². The van der Waals surface area contributed by atoms with Crippen LogP contribution in [0.5, 0.6) is 0 Å². The molecule has 5 nitrogen and oxygen atoms in total. The minimum atomic E-state index is -1.68. The van der Waals surface area contributed by atoms with Crippen LogP contribution in [0.25, 0.3) is 0 Å². The van der Waals surface area contributed by atoms with Crippen molar-refractivity contribution in [3.63, 3.8) is 0 Å². The lowest BCUT2D eigenvalue weighted by molar-refractivity contribution is -0.500. The maximum atomic E-state index is 13.3. The van der Waals surface area contributed by atoms with Gasteiger partial charge in [-0.1, -0.05) is 60.7 Å². The minimum Gasteiger partial charge on any atom is -0.361 e. The Labute approximate surface area is 159 Å². The van der Waals surface area contributed by atoms with Gasteiger partial charge in [0.05, 0.1) is 6.54 Å². The molecule has 2 saturated heterocycles. The first kappa shape index (κ1) is 18.2. The largest absolute Gasteiger partial charge is 0.361 e. The Morgan fingerprint density at radius 3 is 1.96 bits per heavy atom. The highest BCUT2D eigenvalue weighted by atomic mass is 17.2. The summed E-state index contributed by atoms with van der Waals surface area (Å²) in [4.78, 5) is 26.6. The van der Waals surface area contributed by atoms with Gasteiger partial charge in [-0.2, -0.15) is 4.89 Å². The highest BCUT2D eigenvalue weighted by Gasteiger charge is 2.69. The molecule has 0 saturated carbocycles. The van der Waals surface area contributed by atoms with Gasteiger partial charge in [0.25, 0.3) is 0 Å². The van der Waals surface area contributed by atoms with Gasteiger partial charge in [-0.25, -0.2) is 4.89 Å². The Morgan fingerprint density at radius 2 is 1.48 bits per heavy atom. The van der Waals surface area contributed by atoms with E-state index in [1.54, 1.807) is 11.8 Å². The van der Waals surface area contributed by atoms with Crippen LogP contribution < -0.4 is 0 Å². The topological polar surface area (TPSA) is 59.0 Å². The standard InChI is InChI=1S/C22H25NO4/c1-16(2)23-15-22(25)20(3,19(23)24)14-21(26-27-22,17-10-6-4-7-11-17)18-12-8-5-9-13-18/h4-13,16,25H,14-15H2,1-3H3. The van der Waals surface area contributed by atoms with Crippen molar-refractivity contribution in [1.82, 2.24) is 4.90 Å². The molecule has 1 N–H and O–H groups in total. The van der Waals surface area contributed by atoms with Crippen LogP contribution in [0.15, 0.2) is 60.7 Å². The molecule has 1 amide bonds. The fourth-order valence-electron chi connectivity index (χ4n) is 4.26. The second kappa shape index (κ2) is 6.16. The van der Waals surface area contributed by atoms with Gasteiger partial charge in [-0.15, -0.1) is 0 Å². The van der Waals surface area contributed by atoms with Gasteiger partial charge in [-0.05, 0) is 31.9 Å². The number of benzene rings is 2. The number of rotatable bonds is 3. The molecule has 2 fully saturated rings. The zero-order chi connectivity index (χ0) is 19.3. The third kappa shape index (κ3) is 2.53. The van der Waals surface area contributed by atoms with E-state index in [0.717, 1.165) is 11.1 Å². The summed E-state index contributed by atoms with van der Waals surface area (Å²) in [5, 5.41) is 11.2. The van der Waals surface area contributed by atoms with E-state index in [4.69, 9.17) is 9.78 Å². The Kier molecular flexibility index (Phi) is 4.14. The Morgan fingerprint density at radius 1 is 0.963 bits per heavy atom. The highest BCUT2D eigenvalue weighted by molar-refractivity contribution is 5.87. The molecule has 2 aromatic carbocycles. The second-order valence-electron chi connectivity index (χ2n) is 8.05. The first-order valence-corrected chi connectivity index (χ1v) is 9.34. The monoisotopic (exact) mass is 367 g/mol. The van der Waals surface area contributed by atoms with Crippen molar-refractivity contribution >= 4 is 5.91 Å². The normalized spacial score (nSPS) is 29.8. The summed E-state index contributed by atoms with van der Waals surface area (Å²) in [6.45, 7) is 5.75. The van der Waals surface area contributed by atoms with Crippen LogP contribution in [0.1, 0.15) is 38.3 Å². The van der Waals surface area contributed by atoms with Crippen LogP contribution >= 0.6 is 0 Å². The molecule has 0 aliphatic carbocycles. The van der Waals surface area contributed by atoms with Crippen molar-refractivity contribution in [3.05, 3.63) is 71.8 Å². The number of likely N-dealkylation sites (tertiary alicyclic amines) is 1. The van der Waals surface area contributed by atoms with Crippen molar-refractivity contribution in [1.29, 1.82) is 0 Å². The molecule has 2 unspecified atom stereocenters. The van der Waals surface area contributed by atoms with Crippen molar-refractivity contribution in [3.8, 4) is 0 Å². The van der Waals surface area contributed by atoms with E-state index in [1.165, 1.54) is 0 Å². The Hall–Kier alpha value is -2.21. The second-order valence-corrected chi connectivity index (χ2v) is 8.05. The van der Waals surface area contributed by atoms with Crippen molar-refractivity contribution in [2.24, 2.45) is 5.41 Å². The minimum absolute atomic E-state index is 0.0320. The number of carbonyl (C=O) groups excluding carboxylic acids is 1. The van der Waals surface area contributed by atoms with Crippen LogP contribution in [-0.2, 0) is 20.2 Å². The third-order valence-corrected chi connectivity index (χ3v) is 6.01. The summed E-state index contributed by atoms with van der Waals surface area (Å²) in [5.74, 6) is -1.79. The molecule has 0 spiro atoms. The predicted octanol–water partition coefficient (Wildman–Crippen LogP) is 3.23. The molecule has 27 heavy (non-hydrogen) atoms. The molecule has 0 aromatic heterocycles. The lowest BCUT2D eigenvalue weighted by Crippen LogP contribution is -2.58. The van der Waals surface area contributed by atoms with Crippen LogP contribution in [-0.4, -0.2) is 34.3 Å². The zero-order valence-electron chi connectivity index (χ0n) is 15.9. The van der Waals surface area contributed by atoms with E-state index in [2.05, 4.69) is 0 Å². The number of aliphatic hydroxyl groups is 1. The van der Waals surface area contributed by atoms with E-state index in [1.807, 2.05) is 74.5 Å². The van der Waals surface area contributed by atoms with Gasteiger partial charge >= 0.3 is 0 Å². The molecule has 0 radical (unpaired) electrons. The SMILES string of the molecule is CC(C)N1CC2(O)OOC(c3ccccc3)(c3ccccc3)CC2(C)C1=O. The predicted molar refractivity (Wildman–Crippen MR) is 100 cm³/mol. The number of hydrogen-bond donors (Lipinski definition) is 1. The van der Waals surface area contributed by atoms with Gasteiger partial charge in [0.2, 0.25) is 11.7 Å². The maximum Gasteiger partial charge on any atom is 0.234 e. The van der Waals surface area contributed by atoms with Crippen molar-refractivity contribution < 1.29 is 19.7 Å². The van der Waals surface area contributed by atoms with Crippen LogP contribution in [0.2, 0.25) is 0 Å². The Balaban J connectivity index is 1.86. The smallest absolute Gasteiger partial charge is 0.234 e. The molecule has 142 valence electrons. The molecule has 2 aromatic rings. The maximum absolute atomic E-state index is 13.3. The van der Waals surface area contributed by atoms with Crippen LogP contribution in [0, 0.1) is 5.41 Å². The number of hydrogen-bond acceptors (Lipinski definition) is 4. The number of carbonyl (C=O) groups is 1. The van der Waals surface area contributed by atoms with Crippen LogP contribution in [0.3, 0.4) is 0 Å². The first-order valence-electron chi connectivity index (χ1n) is 9.34. The summed E-state index contributed by atoms with van der Waals surface area (Å²) in [6, 6.07) is 19.4. The van der Waals surface area contributed by atoms with Gasteiger partial charge in [0.1, 0.15) is 5.41 Å². The highest BCUT2D eigenvalue weighted by Crippen LogP contribution is 2.56. The van der Waals surface area contributed by atoms with Crippen LogP contribution in [0.4, 0.5) is 0 Å². The molecule has 2 aliphatic rings. The number of amides is 1. The molecule has 4 rings (SSSR count). The summed E-state index contributed by atoms with van der Waals surface area (Å²) >= 11 is 0. The van der Waals surface area contributed by atoms with E-state index in [0.29, 0.717) is 0 Å². The quantitative estimate of drug-likeness (QED) is 0.846. The average molecular weight is 367 g/mol. The lowest BCUT2D eigenvalue weighted by Gasteiger charge is -2.48.